The van der Waals surface area contributed by atoms with Crippen molar-refractivity contribution in [2.75, 3.05) is 54.9 Å². The van der Waals surface area contributed by atoms with Gasteiger partial charge in [0.1, 0.15) is 17.4 Å². The van der Waals surface area contributed by atoms with E-state index in [1.54, 1.807) is 0 Å². The third-order valence-corrected chi connectivity index (χ3v) is 6.62. The minimum Gasteiger partial charge on any atom is -0.493 e. The van der Waals surface area contributed by atoms with Gasteiger partial charge in [0.2, 0.25) is 0 Å². The van der Waals surface area contributed by atoms with E-state index in [0.717, 1.165) is 43.7 Å². The molecule has 0 spiro atoms. The SMILES string of the molecule is Nc1ccc(N2CCN(c3ccc(OC[C@@H]4CO[C@@H](c5ccc(F)cc5F)C4)cc3)CC2)cc1. The summed E-state index contributed by atoms with van der Waals surface area (Å²) in [6.45, 7) is 4.81. The summed E-state index contributed by atoms with van der Waals surface area (Å²) >= 11 is 0. The molecule has 3 aromatic carbocycles. The van der Waals surface area contributed by atoms with Gasteiger partial charge in [0.05, 0.1) is 19.3 Å². The van der Waals surface area contributed by atoms with Crippen LogP contribution in [0.1, 0.15) is 18.1 Å². The van der Waals surface area contributed by atoms with Gasteiger partial charge in [0.15, 0.2) is 0 Å². The van der Waals surface area contributed by atoms with Crippen LogP contribution in [0.25, 0.3) is 0 Å². The van der Waals surface area contributed by atoms with Crippen LogP contribution in [-0.2, 0) is 4.74 Å². The maximum Gasteiger partial charge on any atom is 0.131 e. The maximum atomic E-state index is 14.0. The van der Waals surface area contributed by atoms with Crippen LogP contribution in [0.3, 0.4) is 0 Å². The van der Waals surface area contributed by atoms with Crippen molar-refractivity contribution in [2.24, 2.45) is 5.92 Å². The normalized spacial score (nSPS) is 20.5. The lowest BCUT2D eigenvalue weighted by atomic mass is 10.0. The van der Waals surface area contributed by atoms with E-state index in [-0.39, 0.29) is 12.0 Å². The summed E-state index contributed by atoms with van der Waals surface area (Å²) in [5.74, 6) is -0.168. The van der Waals surface area contributed by atoms with Crippen molar-refractivity contribution in [1.29, 1.82) is 0 Å². The molecule has 0 saturated carbocycles. The number of halogens is 2. The van der Waals surface area contributed by atoms with Gasteiger partial charge < -0.3 is 25.0 Å². The van der Waals surface area contributed by atoms with Crippen molar-refractivity contribution < 1.29 is 18.3 Å². The Morgan fingerprint density at radius 3 is 2.09 bits per heavy atom. The Morgan fingerprint density at radius 1 is 0.853 bits per heavy atom. The molecule has 2 N–H and O–H groups in total. The second-order valence-electron chi connectivity index (χ2n) is 8.96. The lowest BCUT2D eigenvalue weighted by Gasteiger charge is -2.37. The Kier molecular flexibility index (Phi) is 6.54. The van der Waals surface area contributed by atoms with Gasteiger partial charge in [-0.15, -0.1) is 0 Å². The molecule has 2 heterocycles. The summed E-state index contributed by atoms with van der Waals surface area (Å²) in [4.78, 5) is 4.76. The van der Waals surface area contributed by atoms with E-state index < -0.39 is 11.6 Å². The number of nitrogens with two attached hydrogens (primary N) is 1. The summed E-state index contributed by atoms with van der Waals surface area (Å²) in [5.41, 5.74) is 9.37. The van der Waals surface area contributed by atoms with Gasteiger partial charge in [-0.05, 0) is 61.0 Å². The first-order chi connectivity index (χ1) is 16.5. The fourth-order valence-corrected chi connectivity index (χ4v) is 4.66. The molecule has 5 rings (SSSR count). The minimum absolute atomic E-state index is 0.163. The quantitative estimate of drug-likeness (QED) is 0.518. The number of benzene rings is 3. The molecule has 2 aliphatic heterocycles. The zero-order valence-corrected chi connectivity index (χ0v) is 19.0. The first-order valence-electron chi connectivity index (χ1n) is 11.7. The number of ether oxygens (including phenoxy) is 2. The molecule has 178 valence electrons. The van der Waals surface area contributed by atoms with Gasteiger partial charge in [0.25, 0.3) is 0 Å². The molecule has 3 aromatic rings. The smallest absolute Gasteiger partial charge is 0.131 e. The van der Waals surface area contributed by atoms with Gasteiger partial charge in [0, 0.05) is 60.8 Å². The van der Waals surface area contributed by atoms with Gasteiger partial charge in [-0.2, -0.15) is 0 Å². The fourth-order valence-electron chi connectivity index (χ4n) is 4.66. The number of anilines is 3. The summed E-state index contributed by atoms with van der Waals surface area (Å²) in [6, 6.07) is 19.9. The van der Waals surface area contributed by atoms with Crippen LogP contribution >= 0.6 is 0 Å². The van der Waals surface area contributed by atoms with Crippen LogP contribution in [0.5, 0.6) is 5.75 Å². The highest BCUT2D eigenvalue weighted by atomic mass is 19.1. The summed E-state index contributed by atoms with van der Waals surface area (Å²) in [7, 11) is 0. The second kappa shape index (κ2) is 9.89. The van der Waals surface area contributed by atoms with E-state index in [9.17, 15) is 8.78 Å². The van der Waals surface area contributed by atoms with E-state index in [2.05, 4.69) is 34.1 Å². The predicted octanol–water partition coefficient (Wildman–Crippen LogP) is 5.03. The zero-order valence-electron chi connectivity index (χ0n) is 19.0. The highest BCUT2D eigenvalue weighted by Crippen LogP contribution is 2.34. The molecule has 34 heavy (non-hydrogen) atoms. The molecular formula is C27H29F2N3O2. The van der Waals surface area contributed by atoms with Crippen LogP contribution in [0.2, 0.25) is 0 Å². The molecular weight excluding hydrogens is 436 g/mol. The Labute approximate surface area is 198 Å². The molecule has 2 fully saturated rings. The Balaban J connectivity index is 1.10. The monoisotopic (exact) mass is 465 g/mol. The van der Waals surface area contributed by atoms with Crippen molar-refractivity contribution in [1.82, 2.24) is 0 Å². The van der Waals surface area contributed by atoms with Gasteiger partial charge in [-0.25, -0.2) is 8.78 Å². The van der Waals surface area contributed by atoms with E-state index in [1.807, 2.05) is 24.3 Å². The van der Waals surface area contributed by atoms with Crippen molar-refractivity contribution in [2.45, 2.75) is 12.5 Å². The van der Waals surface area contributed by atoms with Crippen LogP contribution in [0.4, 0.5) is 25.8 Å². The molecule has 5 nitrogen and oxygen atoms in total. The summed E-state index contributed by atoms with van der Waals surface area (Å²) < 4.78 is 38.9. The Hall–Kier alpha value is -3.32. The molecule has 2 aliphatic rings. The number of nitrogen functional groups attached to an aromatic ring is 1. The first kappa shape index (κ1) is 22.5. The van der Waals surface area contributed by atoms with E-state index >= 15 is 0 Å². The molecule has 0 aromatic heterocycles. The second-order valence-corrected chi connectivity index (χ2v) is 8.96. The third kappa shape index (κ3) is 5.09. The maximum absolute atomic E-state index is 14.0. The fraction of sp³-hybridized carbons (Fsp3) is 0.333. The highest BCUT2D eigenvalue weighted by Gasteiger charge is 2.29. The lowest BCUT2D eigenvalue weighted by Crippen LogP contribution is -2.46. The van der Waals surface area contributed by atoms with Crippen LogP contribution in [0.15, 0.2) is 66.7 Å². The van der Waals surface area contributed by atoms with E-state index in [0.29, 0.717) is 25.2 Å². The molecule has 7 heteroatoms. The number of hydrogen-bond acceptors (Lipinski definition) is 5. The molecule has 0 unspecified atom stereocenters. The molecule has 2 saturated heterocycles. The first-order valence-corrected chi connectivity index (χ1v) is 11.7. The zero-order chi connectivity index (χ0) is 23.5. The number of rotatable bonds is 6. The lowest BCUT2D eigenvalue weighted by molar-refractivity contribution is 0.100. The van der Waals surface area contributed by atoms with Crippen LogP contribution < -0.4 is 20.3 Å². The van der Waals surface area contributed by atoms with Gasteiger partial charge >= 0.3 is 0 Å². The topological polar surface area (TPSA) is 51.0 Å². The Morgan fingerprint density at radius 2 is 1.47 bits per heavy atom. The standard InChI is InChI=1S/C27H29F2N3O2/c28-20-1-10-25(26(29)16-20)27-15-19(18-34-27)17-33-24-8-6-23(7-9-24)32-13-11-31(12-14-32)22-4-2-21(30)3-5-22/h1-10,16,19,27H,11-15,17-18,30H2/t19-,27-/m1/s1. The molecule has 0 aliphatic carbocycles. The van der Waals surface area contributed by atoms with E-state index in [1.165, 1.54) is 23.5 Å². The Bertz CT molecular complexity index is 1100. The number of piperazine rings is 1. The third-order valence-electron chi connectivity index (χ3n) is 6.62. The highest BCUT2D eigenvalue weighted by molar-refractivity contribution is 5.55. The van der Waals surface area contributed by atoms with Gasteiger partial charge in [-0.3, -0.25) is 0 Å². The number of hydrogen-bond donors (Lipinski definition) is 1. The van der Waals surface area contributed by atoms with Crippen molar-refractivity contribution >= 4 is 17.1 Å². The van der Waals surface area contributed by atoms with Crippen molar-refractivity contribution in [3.05, 3.63) is 83.9 Å². The molecule has 0 bridgehead atoms. The molecule has 2 atom stereocenters. The largest absolute Gasteiger partial charge is 0.493 e. The average Bonchev–Trinajstić information content (AvgIpc) is 3.32. The van der Waals surface area contributed by atoms with E-state index in [4.69, 9.17) is 15.2 Å². The number of nitrogens with zero attached hydrogens (tertiary/aromatic N) is 2. The van der Waals surface area contributed by atoms with Crippen LogP contribution in [-0.4, -0.2) is 39.4 Å². The summed E-state index contributed by atoms with van der Waals surface area (Å²) in [5, 5.41) is 0. The average molecular weight is 466 g/mol. The minimum atomic E-state index is -0.578. The van der Waals surface area contributed by atoms with Gasteiger partial charge in [-0.1, -0.05) is 6.07 Å². The van der Waals surface area contributed by atoms with Crippen molar-refractivity contribution in [3.63, 3.8) is 0 Å². The molecule has 0 radical (unpaired) electrons. The van der Waals surface area contributed by atoms with Crippen LogP contribution in [0, 0.1) is 17.6 Å². The van der Waals surface area contributed by atoms with Crippen molar-refractivity contribution in [3.8, 4) is 5.75 Å². The molecule has 0 amide bonds. The predicted molar refractivity (Wildman–Crippen MR) is 130 cm³/mol. The summed E-state index contributed by atoms with van der Waals surface area (Å²) in [6.07, 6.45) is 0.294.